The van der Waals surface area contributed by atoms with Crippen molar-refractivity contribution < 1.29 is 19.1 Å². The van der Waals surface area contributed by atoms with Crippen LogP contribution < -0.4 is 25.6 Å². The molecule has 10 heteroatoms. The first-order valence-electron chi connectivity index (χ1n) is 12.3. The third-order valence-electron chi connectivity index (χ3n) is 6.77. The van der Waals surface area contributed by atoms with E-state index in [1.165, 1.54) is 4.90 Å². The molecule has 37 heavy (non-hydrogen) atoms. The third-order valence-corrected chi connectivity index (χ3v) is 6.77. The van der Waals surface area contributed by atoms with Crippen molar-refractivity contribution in [3.63, 3.8) is 0 Å². The first-order valence-corrected chi connectivity index (χ1v) is 12.3. The number of ether oxygens (including phenoxy) is 1. The van der Waals surface area contributed by atoms with Crippen molar-refractivity contribution in [2.75, 3.05) is 18.6 Å². The van der Waals surface area contributed by atoms with Crippen LogP contribution in [0.25, 0.3) is 10.9 Å². The van der Waals surface area contributed by atoms with Gasteiger partial charge >= 0.3 is 6.03 Å². The normalized spacial score (nSPS) is 16.2. The quantitative estimate of drug-likeness (QED) is 0.358. The summed E-state index contributed by atoms with van der Waals surface area (Å²) in [7, 11) is 1.56. The molecule has 2 heterocycles. The second-order valence-corrected chi connectivity index (χ2v) is 9.40. The number of hydrogen-bond acceptors (Lipinski definition) is 5. The van der Waals surface area contributed by atoms with Crippen LogP contribution in [-0.4, -0.2) is 48.6 Å². The van der Waals surface area contributed by atoms with Crippen LogP contribution >= 0.6 is 0 Å². The topological polar surface area (TPSA) is 139 Å². The van der Waals surface area contributed by atoms with Gasteiger partial charge in [0.2, 0.25) is 5.91 Å². The Bertz CT molecular complexity index is 1390. The van der Waals surface area contributed by atoms with Gasteiger partial charge in [-0.3, -0.25) is 14.5 Å². The van der Waals surface area contributed by atoms with Gasteiger partial charge in [0.05, 0.1) is 25.4 Å². The van der Waals surface area contributed by atoms with E-state index in [1.807, 2.05) is 42.5 Å². The van der Waals surface area contributed by atoms with E-state index in [4.69, 9.17) is 4.74 Å². The zero-order chi connectivity index (χ0) is 25.9. The summed E-state index contributed by atoms with van der Waals surface area (Å²) in [5.74, 6) is 0.113. The zero-order valence-corrected chi connectivity index (χ0v) is 20.4. The van der Waals surface area contributed by atoms with Crippen molar-refractivity contribution in [3.8, 4) is 11.8 Å². The lowest BCUT2D eigenvalue weighted by Gasteiger charge is -2.31. The number of urea groups is 1. The molecule has 0 saturated heterocycles. The average molecular weight is 501 g/mol. The van der Waals surface area contributed by atoms with Crippen LogP contribution in [0.2, 0.25) is 0 Å². The number of nitrogens with zero attached hydrogens (tertiary/aromatic N) is 2. The van der Waals surface area contributed by atoms with Crippen LogP contribution in [0.15, 0.2) is 48.5 Å². The number of anilines is 1. The molecule has 2 atom stereocenters. The number of aromatic nitrogens is 1. The first kappa shape index (κ1) is 24.2. The number of carbonyl (C=O) groups is 3. The number of hydrogen-bond donors (Lipinski definition) is 4. The van der Waals surface area contributed by atoms with Crippen molar-refractivity contribution in [1.29, 1.82) is 5.26 Å². The fraction of sp³-hybridized carbons (Fsp3) is 0.333. The maximum Gasteiger partial charge on any atom is 0.322 e. The van der Waals surface area contributed by atoms with Gasteiger partial charge in [-0.05, 0) is 42.2 Å². The molecule has 1 saturated carbocycles. The monoisotopic (exact) mass is 500 g/mol. The van der Waals surface area contributed by atoms with Crippen LogP contribution in [0.5, 0.6) is 5.75 Å². The Labute approximate surface area is 214 Å². The van der Waals surface area contributed by atoms with Gasteiger partial charge in [-0.15, -0.1) is 0 Å². The molecule has 0 spiro atoms. The fourth-order valence-electron chi connectivity index (χ4n) is 4.64. The molecule has 1 fully saturated rings. The molecule has 0 bridgehead atoms. The van der Waals surface area contributed by atoms with E-state index in [2.05, 4.69) is 27.0 Å². The van der Waals surface area contributed by atoms with E-state index < -0.39 is 23.9 Å². The number of H-pyrrole nitrogens is 1. The largest absolute Gasteiger partial charge is 0.496 e. The summed E-state index contributed by atoms with van der Waals surface area (Å²) in [5.41, 5.74) is 2.70. The van der Waals surface area contributed by atoms with Gasteiger partial charge in [0.15, 0.2) is 0 Å². The predicted molar refractivity (Wildman–Crippen MR) is 137 cm³/mol. The lowest BCUT2D eigenvalue weighted by molar-refractivity contribution is -0.123. The Morgan fingerprint density at radius 1 is 1.19 bits per heavy atom. The summed E-state index contributed by atoms with van der Waals surface area (Å²) >= 11 is 0. The van der Waals surface area contributed by atoms with Gasteiger partial charge in [-0.25, -0.2) is 4.79 Å². The average Bonchev–Trinajstić information content (AvgIpc) is 3.62. The van der Waals surface area contributed by atoms with E-state index in [-0.39, 0.29) is 12.6 Å². The Balaban J connectivity index is 1.29. The molecule has 190 valence electrons. The fourth-order valence-corrected chi connectivity index (χ4v) is 4.64. The van der Waals surface area contributed by atoms with Crippen molar-refractivity contribution >= 4 is 34.4 Å². The molecule has 4 amide bonds. The van der Waals surface area contributed by atoms with Gasteiger partial charge in [-0.1, -0.05) is 37.1 Å². The molecular weight excluding hydrogens is 472 g/mol. The second kappa shape index (κ2) is 10.2. The Hall–Kier alpha value is -4.52. The van der Waals surface area contributed by atoms with E-state index >= 15 is 0 Å². The maximum atomic E-state index is 13.3. The minimum absolute atomic E-state index is 0.0169. The standard InChI is InChI=1S/C27H28N6O4/c1-37-24-8-4-6-20-19(24)12-22(31-20)26(35)32-21(11-16-9-10-16)25(34)30-18(13-28)15-33-23-7-3-2-5-17(23)14-29-27(33)36/h2-8,12,16,18,21,31H,9-11,14-15H2,1H3,(H,29,36)(H,30,34)(H,32,35)/t18?,21-/m0/s1. The molecule has 2 aromatic carbocycles. The number of aromatic amines is 1. The summed E-state index contributed by atoms with van der Waals surface area (Å²) in [4.78, 5) is 43.4. The highest BCUT2D eigenvalue weighted by molar-refractivity contribution is 6.01. The van der Waals surface area contributed by atoms with Crippen molar-refractivity contribution in [3.05, 3.63) is 59.8 Å². The number of rotatable bonds is 9. The first-order chi connectivity index (χ1) is 18.0. The van der Waals surface area contributed by atoms with Crippen molar-refractivity contribution in [2.24, 2.45) is 5.92 Å². The highest BCUT2D eigenvalue weighted by Crippen LogP contribution is 2.34. The number of benzene rings is 2. The number of para-hydroxylation sites is 1. The lowest BCUT2D eigenvalue weighted by atomic mass is 10.1. The third kappa shape index (κ3) is 5.21. The number of nitrogens with one attached hydrogen (secondary N) is 4. The lowest BCUT2D eigenvalue weighted by Crippen LogP contribution is -2.54. The van der Waals surface area contributed by atoms with Gasteiger partial charge in [0.25, 0.3) is 5.91 Å². The minimum Gasteiger partial charge on any atom is -0.496 e. The van der Waals surface area contributed by atoms with E-state index in [0.717, 1.165) is 29.3 Å². The molecule has 5 rings (SSSR count). The minimum atomic E-state index is -0.958. The highest BCUT2D eigenvalue weighted by atomic mass is 16.5. The molecule has 10 nitrogen and oxygen atoms in total. The van der Waals surface area contributed by atoms with Crippen LogP contribution in [0.1, 0.15) is 35.3 Å². The molecule has 1 aromatic heterocycles. The molecule has 1 aliphatic carbocycles. The predicted octanol–water partition coefficient (Wildman–Crippen LogP) is 2.81. The van der Waals surface area contributed by atoms with Gasteiger partial charge in [0, 0.05) is 17.4 Å². The molecular formula is C27H28N6O4. The molecule has 1 aliphatic heterocycles. The second-order valence-electron chi connectivity index (χ2n) is 9.40. The molecule has 4 N–H and O–H groups in total. The molecule has 2 aliphatic rings. The van der Waals surface area contributed by atoms with Crippen LogP contribution in [0.4, 0.5) is 10.5 Å². The summed E-state index contributed by atoms with van der Waals surface area (Å²) < 4.78 is 5.37. The molecule has 3 aromatic rings. The molecule has 0 radical (unpaired) electrons. The van der Waals surface area contributed by atoms with Crippen molar-refractivity contribution in [1.82, 2.24) is 20.9 Å². The van der Waals surface area contributed by atoms with Crippen molar-refractivity contribution in [2.45, 2.75) is 37.9 Å². The Morgan fingerprint density at radius 3 is 2.76 bits per heavy atom. The van der Waals surface area contributed by atoms with Crippen LogP contribution in [0, 0.1) is 17.2 Å². The highest BCUT2D eigenvalue weighted by Gasteiger charge is 2.33. The number of amides is 4. The Kier molecular flexibility index (Phi) is 6.68. The molecule has 1 unspecified atom stereocenters. The SMILES string of the molecule is COc1cccc2[nH]c(C(=O)N[C@@H](CC3CC3)C(=O)NC(C#N)CN3C(=O)NCc4ccccc43)cc12. The zero-order valence-electron chi connectivity index (χ0n) is 20.4. The van der Waals surface area contributed by atoms with Gasteiger partial charge < -0.3 is 25.7 Å². The van der Waals surface area contributed by atoms with E-state index in [1.54, 1.807) is 13.2 Å². The van der Waals surface area contributed by atoms with Gasteiger partial charge in [0.1, 0.15) is 23.5 Å². The summed E-state index contributed by atoms with van der Waals surface area (Å²) in [6.07, 6.45) is 2.47. The number of fused-ring (bicyclic) bond motifs is 2. The summed E-state index contributed by atoms with van der Waals surface area (Å²) in [6, 6.07) is 14.6. The van der Waals surface area contributed by atoms with Gasteiger partial charge in [-0.2, -0.15) is 5.26 Å². The van der Waals surface area contributed by atoms with E-state index in [0.29, 0.717) is 36.0 Å². The van der Waals surface area contributed by atoms with Crippen LogP contribution in [0.3, 0.4) is 0 Å². The Morgan fingerprint density at radius 2 is 2.00 bits per heavy atom. The smallest absolute Gasteiger partial charge is 0.322 e. The summed E-state index contributed by atoms with van der Waals surface area (Å²) in [5, 5.41) is 18.9. The van der Waals surface area contributed by atoms with E-state index in [9.17, 15) is 19.6 Å². The number of carbonyl (C=O) groups excluding carboxylic acids is 3. The summed E-state index contributed by atoms with van der Waals surface area (Å²) in [6.45, 7) is 0.390. The van der Waals surface area contributed by atoms with Crippen LogP contribution in [-0.2, 0) is 11.3 Å². The number of methoxy groups -OCH3 is 1. The number of nitriles is 1. The maximum absolute atomic E-state index is 13.3.